The van der Waals surface area contributed by atoms with Crippen LogP contribution in [-0.2, 0) is 11.3 Å². The van der Waals surface area contributed by atoms with Crippen molar-refractivity contribution < 1.29 is 4.92 Å². The van der Waals surface area contributed by atoms with Crippen LogP contribution in [0.2, 0.25) is 0 Å². The van der Waals surface area contributed by atoms with Crippen molar-refractivity contribution in [2.45, 2.75) is 18.2 Å². The average molecular weight is 313 g/mol. The molecule has 2 aromatic rings. The highest BCUT2D eigenvalue weighted by Crippen LogP contribution is 2.39. The minimum atomic E-state index is -0.390. The van der Waals surface area contributed by atoms with Crippen LogP contribution in [0, 0.1) is 10.1 Å². The molecule has 0 aliphatic carbocycles. The van der Waals surface area contributed by atoms with Crippen molar-refractivity contribution in [1.29, 1.82) is 0 Å². The second-order valence-electron chi connectivity index (χ2n) is 5.22. The Hall–Kier alpha value is -2.34. The van der Waals surface area contributed by atoms with Crippen LogP contribution in [0.4, 0.5) is 5.69 Å². The molecule has 3 rings (SSSR count). The summed E-state index contributed by atoms with van der Waals surface area (Å²) in [5.41, 5.74) is 5.43. The summed E-state index contributed by atoms with van der Waals surface area (Å²) < 4.78 is 0. The van der Waals surface area contributed by atoms with Crippen molar-refractivity contribution in [1.82, 2.24) is 5.43 Å². The Kier molecular flexibility index (Phi) is 3.85. The van der Waals surface area contributed by atoms with Crippen LogP contribution in [0.25, 0.3) is 0 Å². The molecule has 0 bridgehead atoms. The van der Waals surface area contributed by atoms with E-state index < -0.39 is 4.92 Å². The molecule has 2 aromatic carbocycles. The molecule has 1 unspecified atom stereocenters. The molecule has 0 radical (unpaired) electrons. The zero-order valence-corrected chi connectivity index (χ0v) is 12.8. The van der Waals surface area contributed by atoms with Gasteiger partial charge in [-0.25, -0.2) is 0 Å². The molecule has 0 amide bonds. The largest absolute Gasteiger partial charge is 0.289 e. The molecular weight excluding hydrogens is 298 g/mol. The van der Waals surface area contributed by atoms with Gasteiger partial charge < -0.3 is 0 Å². The Balaban J connectivity index is 1.72. The molecule has 6 heteroatoms. The number of rotatable bonds is 4. The van der Waals surface area contributed by atoms with Crippen LogP contribution in [0.15, 0.2) is 59.7 Å². The van der Waals surface area contributed by atoms with E-state index in [1.54, 1.807) is 23.9 Å². The Morgan fingerprint density at radius 3 is 2.50 bits per heavy atom. The highest BCUT2D eigenvalue weighted by Gasteiger charge is 2.34. The van der Waals surface area contributed by atoms with Gasteiger partial charge in [0.25, 0.3) is 5.69 Å². The zero-order valence-electron chi connectivity index (χ0n) is 12.0. The van der Waals surface area contributed by atoms with Gasteiger partial charge in [0.2, 0.25) is 0 Å². The molecule has 0 aromatic heterocycles. The van der Waals surface area contributed by atoms with Crippen molar-refractivity contribution in [3.05, 3.63) is 75.8 Å². The first-order chi connectivity index (χ1) is 10.6. The normalized spacial score (nSPS) is 20.3. The van der Waals surface area contributed by atoms with Crippen LogP contribution < -0.4 is 5.43 Å². The summed E-state index contributed by atoms with van der Waals surface area (Å²) in [5.74, 6) is 0. The fourth-order valence-electron chi connectivity index (χ4n) is 2.32. The first kappa shape index (κ1) is 14.6. The smallest absolute Gasteiger partial charge is 0.269 e. The number of nitrogens with zero attached hydrogens (tertiary/aromatic N) is 2. The summed E-state index contributed by atoms with van der Waals surface area (Å²) in [6.45, 7) is 2.03. The Morgan fingerprint density at radius 1 is 1.18 bits per heavy atom. The van der Waals surface area contributed by atoms with Gasteiger partial charge in [0.1, 0.15) is 9.91 Å². The minimum Gasteiger partial charge on any atom is -0.289 e. The Labute approximate surface area is 132 Å². The van der Waals surface area contributed by atoms with E-state index in [1.807, 2.05) is 25.1 Å². The fourth-order valence-corrected chi connectivity index (χ4v) is 3.47. The quantitative estimate of drug-likeness (QED) is 0.691. The molecule has 0 saturated heterocycles. The summed E-state index contributed by atoms with van der Waals surface area (Å²) in [7, 11) is 0. The van der Waals surface area contributed by atoms with Crippen LogP contribution in [0.5, 0.6) is 0 Å². The monoisotopic (exact) mass is 313 g/mol. The third-order valence-corrected chi connectivity index (χ3v) is 4.75. The first-order valence-electron chi connectivity index (χ1n) is 6.88. The van der Waals surface area contributed by atoms with E-state index in [4.69, 9.17) is 0 Å². The molecule has 0 saturated carbocycles. The van der Waals surface area contributed by atoms with Gasteiger partial charge in [-0.1, -0.05) is 42.1 Å². The van der Waals surface area contributed by atoms with Gasteiger partial charge in [0.05, 0.1) is 4.92 Å². The van der Waals surface area contributed by atoms with E-state index in [0.717, 1.165) is 17.0 Å². The molecule has 1 N–H and O–H groups in total. The van der Waals surface area contributed by atoms with Gasteiger partial charge in [0, 0.05) is 18.6 Å². The predicted molar refractivity (Wildman–Crippen MR) is 88.8 cm³/mol. The van der Waals surface area contributed by atoms with Gasteiger partial charge in [0.15, 0.2) is 0 Å². The maximum absolute atomic E-state index is 10.7. The van der Waals surface area contributed by atoms with Crippen molar-refractivity contribution >= 4 is 22.5 Å². The van der Waals surface area contributed by atoms with E-state index in [1.165, 1.54) is 17.7 Å². The molecule has 22 heavy (non-hydrogen) atoms. The average Bonchev–Trinajstić information content (AvgIpc) is 2.91. The maximum atomic E-state index is 10.7. The summed E-state index contributed by atoms with van der Waals surface area (Å²) >= 11 is 1.64. The van der Waals surface area contributed by atoms with Crippen molar-refractivity contribution in [3.63, 3.8) is 0 Å². The standard InChI is InChI=1S/C16H15N3O2S/c1-16(13-7-9-14(10-8-13)19(20)21)18-17-15(22-16)11-12-5-3-2-4-6-12/h2-10,18H,11H2,1H3. The molecule has 1 aliphatic rings. The highest BCUT2D eigenvalue weighted by molar-refractivity contribution is 8.14. The van der Waals surface area contributed by atoms with Crippen LogP contribution in [0.1, 0.15) is 18.1 Å². The Bertz CT molecular complexity index is 716. The lowest BCUT2D eigenvalue weighted by molar-refractivity contribution is -0.384. The van der Waals surface area contributed by atoms with Gasteiger partial charge >= 0.3 is 0 Å². The first-order valence-corrected chi connectivity index (χ1v) is 7.70. The molecule has 5 nitrogen and oxygen atoms in total. The van der Waals surface area contributed by atoms with E-state index in [9.17, 15) is 10.1 Å². The molecule has 1 aliphatic heterocycles. The molecular formula is C16H15N3O2S. The van der Waals surface area contributed by atoms with Crippen LogP contribution in [-0.4, -0.2) is 9.97 Å². The molecule has 0 fully saturated rings. The Morgan fingerprint density at radius 2 is 1.86 bits per heavy atom. The molecule has 1 atom stereocenters. The van der Waals surface area contributed by atoms with E-state index in [-0.39, 0.29) is 10.6 Å². The van der Waals surface area contributed by atoms with E-state index in [0.29, 0.717) is 0 Å². The SMILES string of the molecule is CC1(c2ccc([N+](=O)[O-])cc2)NN=C(Cc2ccccc2)S1. The van der Waals surface area contributed by atoms with Gasteiger partial charge in [-0.3, -0.25) is 15.5 Å². The van der Waals surface area contributed by atoms with E-state index in [2.05, 4.69) is 22.7 Å². The maximum Gasteiger partial charge on any atom is 0.269 e. The molecule has 0 spiro atoms. The third kappa shape index (κ3) is 2.96. The van der Waals surface area contributed by atoms with Gasteiger partial charge in [-0.15, -0.1) is 0 Å². The summed E-state index contributed by atoms with van der Waals surface area (Å²) in [4.78, 5) is 9.95. The minimum absolute atomic E-state index is 0.0979. The lowest BCUT2D eigenvalue weighted by atomic mass is 10.1. The molecule has 112 valence electrons. The zero-order chi connectivity index (χ0) is 15.6. The number of nitrogens with one attached hydrogen (secondary N) is 1. The number of non-ortho nitro benzene ring substituents is 1. The van der Waals surface area contributed by atoms with E-state index >= 15 is 0 Å². The topological polar surface area (TPSA) is 67.5 Å². The fraction of sp³-hybridized carbons (Fsp3) is 0.188. The summed E-state index contributed by atoms with van der Waals surface area (Å²) in [6.07, 6.45) is 0.779. The number of hydrogen-bond acceptors (Lipinski definition) is 5. The lowest BCUT2D eigenvalue weighted by Crippen LogP contribution is -2.28. The van der Waals surface area contributed by atoms with Crippen molar-refractivity contribution in [2.24, 2.45) is 5.10 Å². The predicted octanol–water partition coefficient (Wildman–Crippen LogP) is 3.66. The number of thioether (sulfide) groups is 1. The second-order valence-corrected chi connectivity index (χ2v) is 6.71. The number of hydrazone groups is 1. The third-order valence-electron chi connectivity index (χ3n) is 3.54. The number of nitro groups is 1. The van der Waals surface area contributed by atoms with Crippen molar-refractivity contribution in [2.75, 3.05) is 0 Å². The highest BCUT2D eigenvalue weighted by atomic mass is 32.2. The molecule has 1 heterocycles. The number of benzene rings is 2. The second kappa shape index (κ2) is 5.81. The van der Waals surface area contributed by atoms with Gasteiger partial charge in [-0.05, 0) is 30.2 Å². The summed E-state index contributed by atoms with van der Waals surface area (Å²) in [6, 6.07) is 16.8. The van der Waals surface area contributed by atoms with Gasteiger partial charge in [-0.2, -0.15) is 5.10 Å². The number of nitro benzene ring substituents is 1. The number of hydrogen-bond donors (Lipinski definition) is 1. The summed E-state index contributed by atoms with van der Waals surface area (Å²) in [5, 5.41) is 16.2. The van der Waals surface area contributed by atoms with Crippen molar-refractivity contribution in [3.8, 4) is 0 Å². The van der Waals surface area contributed by atoms with Crippen LogP contribution in [0.3, 0.4) is 0 Å². The lowest BCUT2D eigenvalue weighted by Gasteiger charge is -2.23. The van der Waals surface area contributed by atoms with Crippen LogP contribution >= 0.6 is 11.8 Å².